The average molecular weight is 231 g/mol. The van der Waals surface area contributed by atoms with E-state index in [4.69, 9.17) is 16.3 Å². The van der Waals surface area contributed by atoms with Crippen molar-refractivity contribution in [2.45, 2.75) is 0 Å². The fourth-order valence-corrected chi connectivity index (χ4v) is 1.33. The maximum absolute atomic E-state index is 5.88. The maximum atomic E-state index is 5.88. The number of benzene rings is 1. The van der Waals surface area contributed by atoms with Crippen molar-refractivity contribution in [2.24, 2.45) is 0 Å². The van der Waals surface area contributed by atoms with E-state index < -0.39 is 0 Å². The molecule has 74 valence electrons. The molecule has 0 spiro atoms. The molecule has 2 aromatic rings. The molecule has 1 aromatic carbocycles. The van der Waals surface area contributed by atoms with Gasteiger partial charge in [0, 0.05) is 5.39 Å². The van der Waals surface area contributed by atoms with Gasteiger partial charge in [-0.3, -0.25) is 0 Å². The van der Waals surface area contributed by atoms with Gasteiger partial charge in [0.25, 0.3) is 0 Å². The first-order chi connectivity index (χ1) is 6.31. The second kappa shape index (κ2) is 4.44. The average Bonchev–Trinajstić information content (AvgIpc) is 2.18. The lowest BCUT2D eigenvalue weighted by molar-refractivity contribution is 0.415. The molecule has 1 aromatic heterocycles. The quantitative estimate of drug-likeness (QED) is 0.707. The lowest BCUT2D eigenvalue weighted by atomic mass is 10.2. The molecule has 0 amide bonds. The van der Waals surface area contributed by atoms with Crippen LogP contribution < -0.4 is 4.74 Å². The predicted molar refractivity (Wildman–Crippen MR) is 58.3 cm³/mol. The number of aromatic nitrogens is 2. The fraction of sp³-hybridized carbons (Fsp3) is 0.111. The van der Waals surface area contributed by atoms with Gasteiger partial charge in [0.2, 0.25) is 0 Å². The van der Waals surface area contributed by atoms with Crippen molar-refractivity contribution in [1.82, 2.24) is 9.97 Å². The molecule has 2 rings (SSSR count). The van der Waals surface area contributed by atoms with E-state index in [0.29, 0.717) is 5.15 Å². The molecule has 0 saturated carbocycles. The van der Waals surface area contributed by atoms with Crippen LogP contribution >= 0.6 is 24.0 Å². The Kier molecular flexibility index (Phi) is 3.49. The summed E-state index contributed by atoms with van der Waals surface area (Å²) in [5.41, 5.74) is 0.820. The molecule has 3 nitrogen and oxygen atoms in total. The minimum absolute atomic E-state index is 0. The molecule has 14 heavy (non-hydrogen) atoms. The van der Waals surface area contributed by atoms with Crippen LogP contribution in [0.15, 0.2) is 24.5 Å². The van der Waals surface area contributed by atoms with Crippen LogP contribution in [0.3, 0.4) is 0 Å². The van der Waals surface area contributed by atoms with Gasteiger partial charge >= 0.3 is 0 Å². The highest BCUT2D eigenvalue weighted by molar-refractivity contribution is 6.34. The van der Waals surface area contributed by atoms with Gasteiger partial charge in [-0.1, -0.05) is 11.6 Å². The number of nitrogens with zero attached hydrogens (tertiary/aromatic N) is 2. The number of rotatable bonds is 1. The summed E-state index contributed by atoms with van der Waals surface area (Å²) < 4.78 is 5.06. The third-order valence-corrected chi connectivity index (χ3v) is 2.10. The van der Waals surface area contributed by atoms with E-state index in [9.17, 15) is 0 Å². The first-order valence-corrected chi connectivity index (χ1v) is 4.13. The Morgan fingerprint density at radius 2 is 2.07 bits per heavy atom. The molecular formula is C9H8Cl2N2O. The summed E-state index contributed by atoms with van der Waals surface area (Å²) in [5, 5.41) is 1.26. The lowest BCUT2D eigenvalue weighted by Gasteiger charge is -2.01. The minimum Gasteiger partial charge on any atom is -0.497 e. The number of halogens is 2. The molecule has 0 unspecified atom stereocenters. The van der Waals surface area contributed by atoms with Gasteiger partial charge in [0.1, 0.15) is 17.2 Å². The predicted octanol–water partition coefficient (Wildman–Crippen LogP) is 2.71. The summed E-state index contributed by atoms with van der Waals surface area (Å²) in [6.45, 7) is 0. The molecule has 0 aliphatic rings. The van der Waals surface area contributed by atoms with Gasteiger partial charge in [-0.05, 0) is 18.2 Å². The summed E-state index contributed by atoms with van der Waals surface area (Å²) >= 11 is 5.88. The zero-order valence-electron chi connectivity index (χ0n) is 7.40. The number of methoxy groups -OCH3 is 1. The van der Waals surface area contributed by atoms with E-state index in [2.05, 4.69) is 9.97 Å². The van der Waals surface area contributed by atoms with Gasteiger partial charge in [-0.2, -0.15) is 0 Å². The van der Waals surface area contributed by atoms with Crippen LogP contribution in [0, 0.1) is 0 Å². The molecule has 0 fully saturated rings. The largest absolute Gasteiger partial charge is 0.497 e. The maximum Gasteiger partial charge on any atom is 0.140 e. The van der Waals surface area contributed by atoms with E-state index in [1.54, 1.807) is 7.11 Å². The third-order valence-electron chi connectivity index (χ3n) is 1.79. The van der Waals surface area contributed by atoms with Crippen molar-refractivity contribution in [3.05, 3.63) is 29.7 Å². The Hall–Kier alpha value is -1.06. The van der Waals surface area contributed by atoms with Crippen molar-refractivity contribution in [3.8, 4) is 5.75 Å². The smallest absolute Gasteiger partial charge is 0.140 e. The third kappa shape index (κ3) is 1.89. The normalized spacial score (nSPS) is 9.57. The van der Waals surface area contributed by atoms with E-state index in [0.717, 1.165) is 16.7 Å². The van der Waals surface area contributed by atoms with Crippen molar-refractivity contribution in [2.75, 3.05) is 7.11 Å². The van der Waals surface area contributed by atoms with Crippen molar-refractivity contribution in [1.29, 1.82) is 0 Å². The van der Waals surface area contributed by atoms with Crippen LogP contribution in [-0.4, -0.2) is 17.1 Å². The number of ether oxygens (including phenoxy) is 1. The van der Waals surface area contributed by atoms with Crippen molar-refractivity contribution >= 4 is 34.9 Å². The molecule has 0 aliphatic heterocycles. The van der Waals surface area contributed by atoms with Crippen molar-refractivity contribution < 1.29 is 4.74 Å². The second-order valence-corrected chi connectivity index (χ2v) is 2.91. The standard InChI is InChI=1S/C9H7ClN2O.ClH/c1-13-6-2-3-8-7(4-6)9(10)12-5-11-8;/h2-5H,1H3;1H. The topological polar surface area (TPSA) is 35.0 Å². The Balaban J connectivity index is 0.000000980. The molecule has 0 atom stereocenters. The van der Waals surface area contributed by atoms with Crippen molar-refractivity contribution in [3.63, 3.8) is 0 Å². The number of hydrogen-bond acceptors (Lipinski definition) is 3. The van der Waals surface area contributed by atoms with Gasteiger partial charge in [0.05, 0.1) is 12.6 Å². The van der Waals surface area contributed by atoms with E-state index in [1.807, 2.05) is 18.2 Å². The minimum atomic E-state index is 0. The molecule has 1 heterocycles. The van der Waals surface area contributed by atoms with Gasteiger partial charge < -0.3 is 4.74 Å². The van der Waals surface area contributed by atoms with E-state index in [1.165, 1.54) is 6.33 Å². The Morgan fingerprint density at radius 1 is 1.29 bits per heavy atom. The van der Waals surface area contributed by atoms with Crippen LogP contribution in [0.1, 0.15) is 0 Å². The van der Waals surface area contributed by atoms with Crippen LogP contribution in [0.4, 0.5) is 0 Å². The van der Waals surface area contributed by atoms with Crippen LogP contribution in [0.5, 0.6) is 5.75 Å². The SMILES string of the molecule is COc1ccc2ncnc(Cl)c2c1.Cl. The lowest BCUT2D eigenvalue weighted by Crippen LogP contribution is -1.86. The Bertz CT molecular complexity index is 448. The zero-order chi connectivity index (χ0) is 9.26. The molecule has 0 aliphatic carbocycles. The second-order valence-electron chi connectivity index (χ2n) is 2.55. The molecule has 5 heteroatoms. The monoisotopic (exact) mass is 230 g/mol. The molecule has 0 saturated heterocycles. The Labute approximate surface area is 92.5 Å². The summed E-state index contributed by atoms with van der Waals surface area (Å²) in [6, 6.07) is 5.51. The van der Waals surface area contributed by atoms with E-state index in [-0.39, 0.29) is 12.4 Å². The highest BCUT2D eigenvalue weighted by atomic mass is 35.5. The van der Waals surface area contributed by atoms with E-state index >= 15 is 0 Å². The summed E-state index contributed by atoms with van der Waals surface area (Å²) in [6.07, 6.45) is 1.44. The first-order valence-electron chi connectivity index (χ1n) is 3.75. The fourth-order valence-electron chi connectivity index (χ4n) is 1.13. The molecule has 0 radical (unpaired) electrons. The highest BCUT2D eigenvalue weighted by Gasteiger charge is 2.01. The summed E-state index contributed by atoms with van der Waals surface area (Å²) in [4.78, 5) is 7.95. The first kappa shape index (κ1) is 11.0. The molecule has 0 bridgehead atoms. The summed E-state index contributed by atoms with van der Waals surface area (Å²) in [5.74, 6) is 0.754. The van der Waals surface area contributed by atoms with Gasteiger partial charge in [-0.25, -0.2) is 9.97 Å². The van der Waals surface area contributed by atoms with Gasteiger partial charge in [-0.15, -0.1) is 12.4 Å². The highest BCUT2D eigenvalue weighted by Crippen LogP contribution is 2.23. The zero-order valence-corrected chi connectivity index (χ0v) is 8.97. The number of hydrogen-bond donors (Lipinski definition) is 0. The molecular weight excluding hydrogens is 223 g/mol. The van der Waals surface area contributed by atoms with Crippen LogP contribution in [-0.2, 0) is 0 Å². The van der Waals surface area contributed by atoms with Crippen LogP contribution in [0.2, 0.25) is 5.15 Å². The van der Waals surface area contributed by atoms with Gasteiger partial charge in [0.15, 0.2) is 0 Å². The Morgan fingerprint density at radius 3 is 2.79 bits per heavy atom. The molecule has 0 N–H and O–H groups in total. The number of fused-ring (bicyclic) bond motifs is 1. The van der Waals surface area contributed by atoms with Crippen LogP contribution in [0.25, 0.3) is 10.9 Å². The summed E-state index contributed by atoms with van der Waals surface area (Å²) in [7, 11) is 1.61.